The Kier molecular flexibility index (Phi) is 3.48. The minimum Gasteiger partial charge on any atom is -0.369 e. The number of thioether (sulfide) groups is 1. The maximum atomic E-state index is 4.15. The molecule has 1 aromatic heterocycles. The third kappa shape index (κ3) is 2.78. The van der Waals surface area contributed by atoms with E-state index in [0.29, 0.717) is 5.95 Å². The lowest BCUT2D eigenvalue weighted by molar-refractivity contribution is 0.642. The van der Waals surface area contributed by atoms with E-state index >= 15 is 0 Å². The Hall–Kier alpha value is -0.620. The van der Waals surface area contributed by atoms with Gasteiger partial charge in [-0.3, -0.25) is 0 Å². The van der Waals surface area contributed by atoms with Crippen molar-refractivity contribution in [2.75, 3.05) is 20.4 Å². The summed E-state index contributed by atoms with van der Waals surface area (Å²) in [6, 6.07) is 0. The Bertz CT molecular complexity index is 268. The highest BCUT2D eigenvalue weighted by atomic mass is 32.2. The SMILES string of the molecule is CSc1nc(N=CN(C)C)ns1. The van der Waals surface area contributed by atoms with Crippen molar-refractivity contribution in [1.29, 1.82) is 0 Å². The van der Waals surface area contributed by atoms with Crippen molar-refractivity contribution in [3.8, 4) is 0 Å². The lowest BCUT2D eigenvalue weighted by atomic mass is 10.9. The van der Waals surface area contributed by atoms with Crippen LogP contribution in [-0.2, 0) is 0 Å². The van der Waals surface area contributed by atoms with Crippen molar-refractivity contribution in [2.45, 2.75) is 4.34 Å². The van der Waals surface area contributed by atoms with Crippen LogP contribution in [0.15, 0.2) is 9.33 Å². The Morgan fingerprint density at radius 1 is 1.58 bits per heavy atom. The predicted octanol–water partition coefficient (Wildman–Crippen LogP) is 1.48. The Morgan fingerprint density at radius 2 is 2.33 bits per heavy atom. The summed E-state index contributed by atoms with van der Waals surface area (Å²) in [7, 11) is 3.82. The van der Waals surface area contributed by atoms with Crippen LogP contribution in [0.3, 0.4) is 0 Å². The van der Waals surface area contributed by atoms with Crippen LogP contribution < -0.4 is 0 Å². The normalized spacial score (nSPS) is 10.9. The summed E-state index contributed by atoms with van der Waals surface area (Å²) in [4.78, 5) is 10.0. The van der Waals surface area contributed by atoms with Crippen LogP contribution in [0.4, 0.5) is 5.95 Å². The summed E-state index contributed by atoms with van der Waals surface area (Å²) in [6.07, 6.45) is 3.66. The van der Waals surface area contributed by atoms with E-state index in [1.54, 1.807) is 18.1 Å². The zero-order valence-electron chi connectivity index (χ0n) is 7.18. The molecule has 66 valence electrons. The lowest BCUT2D eigenvalue weighted by Crippen LogP contribution is -2.07. The van der Waals surface area contributed by atoms with Crippen LogP contribution in [0.25, 0.3) is 0 Å². The quantitative estimate of drug-likeness (QED) is 0.423. The van der Waals surface area contributed by atoms with Gasteiger partial charge in [-0.05, 0) is 17.8 Å². The van der Waals surface area contributed by atoms with E-state index < -0.39 is 0 Å². The van der Waals surface area contributed by atoms with Crippen molar-refractivity contribution in [3.05, 3.63) is 0 Å². The molecule has 0 saturated heterocycles. The van der Waals surface area contributed by atoms with Gasteiger partial charge in [0.2, 0.25) is 0 Å². The van der Waals surface area contributed by atoms with Gasteiger partial charge in [-0.25, -0.2) is 4.99 Å². The van der Waals surface area contributed by atoms with Crippen LogP contribution in [0, 0.1) is 0 Å². The molecule has 1 aromatic rings. The molecule has 0 fully saturated rings. The molecule has 12 heavy (non-hydrogen) atoms. The highest BCUT2D eigenvalue weighted by Crippen LogP contribution is 2.19. The van der Waals surface area contributed by atoms with Gasteiger partial charge in [0.1, 0.15) is 0 Å². The molecule has 1 heterocycles. The lowest BCUT2D eigenvalue weighted by Gasteiger charge is -1.99. The summed E-state index contributed by atoms with van der Waals surface area (Å²) < 4.78 is 4.99. The predicted molar refractivity (Wildman–Crippen MR) is 53.5 cm³/mol. The molecule has 1 rings (SSSR count). The van der Waals surface area contributed by atoms with Gasteiger partial charge in [0.05, 0.1) is 6.34 Å². The van der Waals surface area contributed by atoms with E-state index in [4.69, 9.17) is 0 Å². The van der Waals surface area contributed by atoms with Gasteiger partial charge in [0.25, 0.3) is 5.95 Å². The smallest absolute Gasteiger partial charge is 0.263 e. The van der Waals surface area contributed by atoms with E-state index in [-0.39, 0.29) is 0 Å². The number of hydrogen-bond donors (Lipinski definition) is 0. The van der Waals surface area contributed by atoms with E-state index in [1.165, 1.54) is 11.5 Å². The van der Waals surface area contributed by atoms with Gasteiger partial charge in [-0.2, -0.15) is 9.36 Å². The van der Waals surface area contributed by atoms with E-state index in [9.17, 15) is 0 Å². The highest BCUT2D eigenvalue weighted by molar-refractivity contribution is 8.00. The minimum atomic E-state index is 0.540. The fraction of sp³-hybridized carbons (Fsp3) is 0.500. The molecule has 0 atom stereocenters. The van der Waals surface area contributed by atoms with E-state index in [2.05, 4.69) is 14.3 Å². The molecular formula is C6H10N4S2. The average molecular weight is 202 g/mol. The first-order valence-corrected chi connectivity index (χ1v) is 5.30. The van der Waals surface area contributed by atoms with Crippen LogP contribution in [0.1, 0.15) is 0 Å². The fourth-order valence-electron chi connectivity index (χ4n) is 0.505. The molecular weight excluding hydrogens is 192 g/mol. The van der Waals surface area contributed by atoms with Crippen molar-refractivity contribution in [3.63, 3.8) is 0 Å². The van der Waals surface area contributed by atoms with Crippen LogP contribution >= 0.6 is 23.3 Å². The molecule has 0 radical (unpaired) electrons. The third-order valence-corrected chi connectivity index (χ3v) is 2.64. The van der Waals surface area contributed by atoms with E-state index in [0.717, 1.165) is 4.34 Å². The molecule has 0 amide bonds. The largest absolute Gasteiger partial charge is 0.369 e. The second kappa shape index (κ2) is 4.42. The summed E-state index contributed by atoms with van der Waals surface area (Å²) in [5, 5.41) is 0. The summed E-state index contributed by atoms with van der Waals surface area (Å²) >= 11 is 2.95. The second-order valence-electron chi connectivity index (χ2n) is 2.27. The molecule has 0 aliphatic rings. The van der Waals surface area contributed by atoms with Gasteiger partial charge in [-0.15, -0.1) is 0 Å². The maximum absolute atomic E-state index is 4.15. The number of rotatable bonds is 3. The molecule has 0 spiro atoms. The average Bonchev–Trinajstić information content (AvgIpc) is 2.48. The van der Waals surface area contributed by atoms with Gasteiger partial charge in [0.15, 0.2) is 4.34 Å². The Labute approximate surface area is 79.9 Å². The molecule has 4 nitrogen and oxygen atoms in total. The summed E-state index contributed by atoms with van der Waals surface area (Å²) in [6.45, 7) is 0. The number of aliphatic imine (C=N–C) groups is 1. The van der Waals surface area contributed by atoms with Crippen molar-refractivity contribution in [2.24, 2.45) is 4.99 Å². The first kappa shape index (κ1) is 9.47. The standard InChI is InChI=1S/C6H10N4S2/c1-10(2)4-7-5-8-6(11-3)12-9-5/h4H,1-3H3. The van der Waals surface area contributed by atoms with Crippen LogP contribution in [-0.4, -0.2) is 40.9 Å². The van der Waals surface area contributed by atoms with Crippen LogP contribution in [0.2, 0.25) is 0 Å². The third-order valence-electron chi connectivity index (χ3n) is 0.975. The molecule has 0 unspecified atom stereocenters. The van der Waals surface area contributed by atoms with Crippen molar-refractivity contribution in [1.82, 2.24) is 14.3 Å². The zero-order chi connectivity index (χ0) is 8.97. The van der Waals surface area contributed by atoms with Gasteiger partial charge < -0.3 is 4.90 Å². The monoisotopic (exact) mass is 202 g/mol. The van der Waals surface area contributed by atoms with Crippen LogP contribution in [0.5, 0.6) is 0 Å². The molecule has 0 aliphatic heterocycles. The van der Waals surface area contributed by atoms with E-state index in [1.807, 2.05) is 25.3 Å². The Morgan fingerprint density at radius 3 is 2.83 bits per heavy atom. The maximum Gasteiger partial charge on any atom is 0.263 e. The zero-order valence-corrected chi connectivity index (χ0v) is 8.82. The Balaban J connectivity index is 2.63. The summed E-state index contributed by atoms with van der Waals surface area (Å²) in [5.41, 5.74) is 0. The molecule has 0 aromatic carbocycles. The molecule has 0 N–H and O–H groups in total. The van der Waals surface area contributed by atoms with Crippen molar-refractivity contribution >= 4 is 35.6 Å². The topological polar surface area (TPSA) is 41.4 Å². The molecule has 0 aliphatic carbocycles. The number of aromatic nitrogens is 2. The first-order chi connectivity index (χ1) is 5.72. The van der Waals surface area contributed by atoms with Gasteiger partial charge >= 0.3 is 0 Å². The highest BCUT2D eigenvalue weighted by Gasteiger charge is 1.98. The van der Waals surface area contributed by atoms with Gasteiger partial charge in [0, 0.05) is 14.1 Å². The fourth-order valence-corrected chi connectivity index (χ4v) is 1.46. The minimum absolute atomic E-state index is 0.540. The molecule has 6 heteroatoms. The number of hydrogen-bond acceptors (Lipinski definition) is 5. The molecule has 0 bridgehead atoms. The van der Waals surface area contributed by atoms with Gasteiger partial charge in [-0.1, -0.05) is 11.8 Å². The number of nitrogens with zero attached hydrogens (tertiary/aromatic N) is 4. The first-order valence-electron chi connectivity index (χ1n) is 3.30. The van der Waals surface area contributed by atoms with Crippen molar-refractivity contribution < 1.29 is 0 Å². The second-order valence-corrected chi connectivity index (χ2v) is 4.08. The molecule has 0 saturated carbocycles. The summed E-state index contributed by atoms with van der Waals surface area (Å²) in [5.74, 6) is 0.540.